The second kappa shape index (κ2) is 4.62. The van der Waals surface area contributed by atoms with E-state index in [1.807, 2.05) is 25.7 Å². The number of ether oxygens (including phenoxy) is 1. The van der Waals surface area contributed by atoms with Gasteiger partial charge >= 0.3 is 6.09 Å². The van der Waals surface area contributed by atoms with Crippen LogP contribution in [-0.2, 0) is 9.53 Å². The monoisotopic (exact) mass is 291 g/mol. The summed E-state index contributed by atoms with van der Waals surface area (Å²) < 4.78 is 5.37. The van der Waals surface area contributed by atoms with Gasteiger partial charge in [0.1, 0.15) is 11.6 Å². The molecule has 3 aliphatic heterocycles. The van der Waals surface area contributed by atoms with Crippen LogP contribution in [0.3, 0.4) is 0 Å². The highest BCUT2D eigenvalue weighted by Gasteiger charge is 2.56. The molecule has 4 fully saturated rings. The molecule has 4 aliphatic rings. The molecule has 1 saturated carbocycles. The van der Waals surface area contributed by atoms with Crippen LogP contribution in [0.25, 0.3) is 0 Å². The number of rotatable bonds is 1. The SMILES string of the molecule is CC(C)(C)OC(=O)N1[C@@H]2C[C@H]1C(=O)N([C@H]1C[C@H](C#N)C1)C2. The van der Waals surface area contributed by atoms with Gasteiger partial charge < -0.3 is 9.64 Å². The van der Waals surface area contributed by atoms with Gasteiger partial charge in [-0.1, -0.05) is 0 Å². The molecule has 0 radical (unpaired) electrons. The third-order valence-electron chi connectivity index (χ3n) is 4.54. The lowest BCUT2D eigenvalue weighted by Gasteiger charge is -2.57. The summed E-state index contributed by atoms with van der Waals surface area (Å²) in [4.78, 5) is 28.1. The molecule has 6 heteroatoms. The molecule has 2 amide bonds. The van der Waals surface area contributed by atoms with E-state index in [4.69, 9.17) is 10.00 Å². The Morgan fingerprint density at radius 3 is 2.48 bits per heavy atom. The minimum atomic E-state index is -0.544. The molecule has 0 aromatic heterocycles. The molecular weight excluding hydrogens is 270 g/mol. The van der Waals surface area contributed by atoms with Gasteiger partial charge in [-0.05, 0) is 40.0 Å². The number of amides is 2. The summed E-state index contributed by atoms with van der Waals surface area (Å²) in [6, 6.07) is 2.14. The van der Waals surface area contributed by atoms with Gasteiger partial charge in [-0.3, -0.25) is 9.69 Å². The fourth-order valence-corrected chi connectivity index (χ4v) is 3.36. The number of nitrogens with zero attached hydrogens (tertiary/aromatic N) is 3. The van der Waals surface area contributed by atoms with Crippen molar-refractivity contribution >= 4 is 12.0 Å². The van der Waals surface area contributed by atoms with Crippen LogP contribution in [0, 0.1) is 17.2 Å². The van der Waals surface area contributed by atoms with Crippen molar-refractivity contribution in [2.45, 2.75) is 63.8 Å². The Kier molecular flexibility index (Phi) is 3.12. The maximum Gasteiger partial charge on any atom is 0.411 e. The van der Waals surface area contributed by atoms with Crippen molar-refractivity contribution in [3.63, 3.8) is 0 Å². The summed E-state index contributed by atoms with van der Waals surface area (Å²) in [6.07, 6.45) is 1.89. The lowest BCUT2D eigenvalue weighted by Crippen LogP contribution is -2.74. The largest absolute Gasteiger partial charge is 0.444 e. The van der Waals surface area contributed by atoms with Crippen LogP contribution in [-0.4, -0.2) is 52.1 Å². The molecule has 0 N–H and O–H groups in total. The summed E-state index contributed by atoms with van der Waals surface area (Å²) in [5.74, 6) is 0.104. The maximum atomic E-state index is 12.5. The van der Waals surface area contributed by atoms with Crippen LogP contribution < -0.4 is 0 Å². The van der Waals surface area contributed by atoms with E-state index in [0.717, 1.165) is 19.3 Å². The van der Waals surface area contributed by atoms with Gasteiger partial charge in [0.15, 0.2) is 0 Å². The minimum absolute atomic E-state index is 0.0183. The first-order valence-electron chi connectivity index (χ1n) is 7.51. The van der Waals surface area contributed by atoms with Crippen LogP contribution >= 0.6 is 0 Å². The molecule has 2 bridgehead atoms. The van der Waals surface area contributed by atoms with Crippen LogP contribution in [0.5, 0.6) is 0 Å². The lowest BCUT2D eigenvalue weighted by molar-refractivity contribution is -0.164. The Morgan fingerprint density at radius 2 is 1.95 bits per heavy atom. The Labute approximate surface area is 124 Å². The first-order chi connectivity index (χ1) is 9.80. The number of hydrogen-bond donors (Lipinski definition) is 0. The van der Waals surface area contributed by atoms with Crippen molar-refractivity contribution in [2.24, 2.45) is 5.92 Å². The molecule has 0 spiro atoms. The third-order valence-corrected chi connectivity index (χ3v) is 4.54. The second-order valence-electron chi connectivity index (χ2n) is 7.23. The molecule has 3 heterocycles. The first kappa shape index (κ1) is 14.2. The number of piperidine rings is 1. The molecule has 0 aromatic carbocycles. The predicted octanol–water partition coefficient (Wildman–Crippen LogP) is 1.51. The Bertz CT molecular complexity index is 513. The summed E-state index contributed by atoms with van der Waals surface area (Å²) in [5, 5.41) is 8.83. The van der Waals surface area contributed by atoms with E-state index < -0.39 is 5.60 Å². The van der Waals surface area contributed by atoms with E-state index in [1.54, 1.807) is 4.90 Å². The molecule has 6 nitrogen and oxygen atoms in total. The molecule has 2 atom stereocenters. The number of nitriles is 1. The summed E-state index contributed by atoms with van der Waals surface area (Å²) in [5.41, 5.74) is -0.544. The van der Waals surface area contributed by atoms with Crippen LogP contribution in [0.1, 0.15) is 40.0 Å². The van der Waals surface area contributed by atoms with Crippen molar-refractivity contribution in [1.29, 1.82) is 5.26 Å². The number of piperazine rings is 1. The van der Waals surface area contributed by atoms with Crippen molar-refractivity contribution in [3.8, 4) is 6.07 Å². The van der Waals surface area contributed by atoms with Gasteiger partial charge in [-0.15, -0.1) is 0 Å². The number of fused-ring (bicyclic) bond motifs is 2. The van der Waals surface area contributed by atoms with Gasteiger partial charge in [0.2, 0.25) is 5.91 Å². The van der Waals surface area contributed by atoms with E-state index in [2.05, 4.69) is 6.07 Å². The number of carbonyl (C=O) groups excluding carboxylic acids is 2. The van der Waals surface area contributed by atoms with Gasteiger partial charge in [0, 0.05) is 12.6 Å². The summed E-state index contributed by atoms with van der Waals surface area (Å²) in [6.45, 7) is 6.05. The smallest absolute Gasteiger partial charge is 0.411 e. The maximum absolute atomic E-state index is 12.5. The molecule has 0 unspecified atom stereocenters. The van der Waals surface area contributed by atoms with E-state index in [1.165, 1.54) is 0 Å². The van der Waals surface area contributed by atoms with Crippen molar-refractivity contribution in [1.82, 2.24) is 9.80 Å². The summed E-state index contributed by atoms with van der Waals surface area (Å²) in [7, 11) is 0. The number of hydrogen-bond acceptors (Lipinski definition) is 4. The number of carbonyl (C=O) groups is 2. The van der Waals surface area contributed by atoms with E-state index in [-0.39, 0.29) is 36.0 Å². The molecule has 4 rings (SSSR count). The fourth-order valence-electron chi connectivity index (χ4n) is 3.36. The van der Waals surface area contributed by atoms with Gasteiger partial charge in [-0.2, -0.15) is 5.26 Å². The van der Waals surface area contributed by atoms with Gasteiger partial charge in [-0.25, -0.2) is 4.79 Å². The molecule has 3 saturated heterocycles. The Hall–Kier alpha value is -1.77. The Balaban J connectivity index is 1.62. The highest BCUT2D eigenvalue weighted by Crippen LogP contribution is 2.40. The predicted molar refractivity (Wildman–Crippen MR) is 74.1 cm³/mol. The summed E-state index contributed by atoms with van der Waals surface area (Å²) >= 11 is 0. The van der Waals surface area contributed by atoms with Crippen LogP contribution in [0.2, 0.25) is 0 Å². The zero-order chi connectivity index (χ0) is 15.4. The molecule has 21 heavy (non-hydrogen) atoms. The van der Waals surface area contributed by atoms with E-state index in [9.17, 15) is 9.59 Å². The quantitative estimate of drug-likeness (QED) is 0.734. The van der Waals surface area contributed by atoms with Crippen molar-refractivity contribution < 1.29 is 14.3 Å². The molecule has 114 valence electrons. The van der Waals surface area contributed by atoms with Gasteiger partial charge in [0.05, 0.1) is 18.0 Å². The zero-order valence-electron chi connectivity index (χ0n) is 12.7. The lowest BCUT2D eigenvalue weighted by atomic mass is 9.77. The molecule has 1 aliphatic carbocycles. The van der Waals surface area contributed by atoms with E-state index >= 15 is 0 Å². The zero-order valence-corrected chi connectivity index (χ0v) is 12.7. The molecule has 0 aromatic rings. The average molecular weight is 291 g/mol. The van der Waals surface area contributed by atoms with Crippen LogP contribution in [0.15, 0.2) is 0 Å². The van der Waals surface area contributed by atoms with Crippen molar-refractivity contribution in [2.75, 3.05) is 6.54 Å². The minimum Gasteiger partial charge on any atom is -0.444 e. The first-order valence-corrected chi connectivity index (χ1v) is 7.51. The fraction of sp³-hybridized carbons (Fsp3) is 0.800. The third kappa shape index (κ3) is 2.35. The van der Waals surface area contributed by atoms with E-state index in [0.29, 0.717) is 6.54 Å². The molecular formula is C15H21N3O3. The highest BCUT2D eigenvalue weighted by molar-refractivity contribution is 5.90. The standard InChI is InChI=1S/C15H21N3O3/c1-15(2,3)21-14(20)18-11-6-12(18)13(19)17(8-11)10-4-9(5-10)7-16/h9-12H,4-6,8H2,1-3H3/t9-,10-,11-,12+/m1/s1. The van der Waals surface area contributed by atoms with Gasteiger partial charge in [0.25, 0.3) is 0 Å². The topological polar surface area (TPSA) is 73.6 Å². The average Bonchev–Trinajstić information content (AvgIpc) is 2.25. The van der Waals surface area contributed by atoms with Crippen LogP contribution in [0.4, 0.5) is 4.79 Å². The Morgan fingerprint density at radius 1 is 1.29 bits per heavy atom. The van der Waals surface area contributed by atoms with Crippen molar-refractivity contribution in [3.05, 3.63) is 0 Å². The second-order valence-corrected chi connectivity index (χ2v) is 7.23. The highest BCUT2D eigenvalue weighted by atomic mass is 16.6. The normalized spacial score (nSPS) is 34.7.